The predicted octanol–water partition coefficient (Wildman–Crippen LogP) is 2.71. The van der Waals surface area contributed by atoms with Crippen LogP contribution in [0.4, 0.5) is 5.69 Å². The Balaban J connectivity index is 1.22. The monoisotopic (exact) mass is 425 g/mol. The van der Waals surface area contributed by atoms with Crippen molar-refractivity contribution in [1.29, 1.82) is 0 Å². The van der Waals surface area contributed by atoms with E-state index in [2.05, 4.69) is 36.6 Å². The summed E-state index contributed by atoms with van der Waals surface area (Å²) >= 11 is 0. The average molecular weight is 426 g/mol. The summed E-state index contributed by atoms with van der Waals surface area (Å²) in [5.41, 5.74) is 2.92. The molecule has 0 bridgehead atoms. The molecule has 2 saturated heterocycles. The lowest BCUT2D eigenvalue weighted by molar-refractivity contribution is -0.903. The molecule has 2 saturated carbocycles. The normalized spacial score (nSPS) is 36.0. The number of methoxy groups -OCH3 is 1. The van der Waals surface area contributed by atoms with Gasteiger partial charge < -0.3 is 19.3 Å². The third-order valence-corrected chi connectivity index (χ3v) is 8.72. The quantitative estimate of drug-likeness (QED) is 0.595. The molecule has 4 aliphatic rings. The summed E-state index contributed by atoms with van der Waals surface area (Å²) in [7, 11) is 1.71. The van der Waals surface area contributed by atoms with Crippen molar-refractivity contribution in [3.63, 3.8) is 0 Å². The minimum absolute atomic E-state index is 0.0580. The van der Waals surface area contributed by atoms with Crippen molar-refractivity contribution in [3.8, 4) is 5.75 Å². The molecule has 0 spiro atoms. The first-order chi connectivity index (χ1) is 15.0. The average Bonchev–Trinajstić information content (AvgIpc) is 3.06. The van der Waals surface area contributed by atoms with E-state index in [4.69, 9.17) is 9.47 Å². The van der Waals surface area contributed by atoms with Crippen molar-refractivity contribution < 1.29 is 19.2 Å². The molecule has 0 unspecified atom stereocenters. The second-order valence-corrected chi connectivity index (χ2v) is 10.5. The smallest absolute Gasteiger partial charge is 0.315 e. The Morgan fingerprint density at radius 2 is 2.13 bits per heavy atom. The predicted molar refractivity (Wildman–Crippen MR) is 121 cm³/mol. The van der Waals surface area contributed by atoms with Gasteiger partial charge in [0.15, 0.2) is 0 Å². The molecule has 0 radical (unpaired) electrons. The van der Waals surface area contributed by atoms with Gasteiger partial charge in [0.05, 0.1) is 39.8 Å². The number of carbonyl (C=O) groups is 1. The summed E-state index contributed by atoms with van der Waals surface area (Å²) in [6.45, 7) is 11.9. The van der Waals surface area contributed by atoms with Gasteiger partial charge >= 0.3 is 5.97 Å². The maximum absolute atomic E-state index is 12.9. The van der Waals surface area contributed by atoms with Gasteiger partial charge in [-0.05, 0) is 55.6 Å². The molecule has 31 heavy (non-hydrogen) atoms. The first-order valence-electron chi connectivity index (χ1n) is 12.1. The topological polar surface area (TPSA) is 43.2 Å². The Morgan fingerprint density at radius 3 is 2.90 bits per heavy atom. The van der Waals surface area contributed by atoms with E-state index < -0.39 is 0 Å². The first-order valence-corrected chi connectivity index (χ1v) is 12.1. The van der Waals surface area contributed by atoms with Gasteiger partial charge in [0.1, 0.15) is 17.8 Å². The SMILES string of the molecule is C=C1CCC[C@@]2(C)C[C@H]3OC(=O)[C@@H](C[NH+]4CCN(c5cccc(OC)c5)CC4)[C@@H]3C[C@@H]12. The van der Waals surface area contributed by atoms with Crippen LogP contribution in [-0.2, 0) is 9.53 Å². The molecule has 5 rings (SSSR count). The molecule has 1 aromatic carbocycles. The summed E-state index contributed by atoms with van der Waals surface area (Å²) in [5, 5.41) is 0. The number of ether oxygens (including phenoxy) is 2. The molecule has 5 heteroatoms. The molecule has 1 N–H and O–H groups in total. The maximum atomic E-state index is 12.9. The van der Waals surface area contributed by atoms with Crippen LogP contribution in [0.2, 0.25) is 0 Å². The van der Waals surface area contributed by atoms with Crippen molar-refractivity contribution >= 4 is 11.7 Å². The molecule has 2 aliphatic carbocycles. The number of allylic oxidation sites excluding steroid dienone is 1. The zero-order valence-electron chi connectivity index (χ0n) is 19.1. The van der Waals surface area contributed by atoms with Crippen molar-refractivity contribution in [2.24, 2.45) is 23.2 Å². The second kappa shape index (κ2) is 8.16. The van der Waals surface area contributed by atoms with E-state index in [9.17, 15) is 4.79 Å². The van der Waals surface area contributed by atoms with Crippen molar-refractivity contribution in [3.05, 3.63) is 36.4 Å². The molecule has 5 atom stereocenters. The zero-order valence-corrected chi connectivity index (χ0v) is 19.1. The van der Waals surface area contributed by atoms with Gasteiger partial charge in [-0.3, -0.25) is 4.79 Å². The fourth-order valence-electron chi connectivity index (χ4n) is 6.89. The molecular weight excluding hydrogens is 388 g/mol. The third-order valence-electron chi connectivity index (χ3n) is 8.72. The van der Waals surface area contributed by atoms with Crippen LogP contribution in [0.15, 0.2) is 36.4 Å². The lowest BCUT2D eigenvalue weighted by atomic mass is 9.55. The number of nitrogens with zero attached hydrogens (tertiary/aromatic N) is 1. The van der Waals surface area contributed by atoms with Crippen LogP contribution >= 0.6 is 0 Å². The highest BCUT2D eigenvalue weighted by Gasteiger charge is 2.56. The number of anilines is 1. The van der Waals surface area contributed by atoms with E-state index in [0.717, 1.165) is 57.7 Å². The van der Waals surface area contributed by atoms with Gasteiger partial charge in [0.25, 0.3) is 0 Å². The fourth-order valence-corrected chi connectivity index (χ4v) is 6.89. The van der Waals surface area contributed by atoms with Crippen LogP contribution in [0.25, 0.3) is 0 Å². The van der Waals surface area contributed by atoms with Crippen LogP contribution in [0.3, 0.4) is 0 Å². The third kappa shape index (κ3) is 3.86. The van der Waals surface area contributed by atoms with Crippen molar-refractivity contribution in [1.82, 2.24) is 0 Å². The highest BCUT2D eigenvalue weighted by atomic mass is 16.6. The van der Waals surface area contributed by atoms with Crippen LogP contribution in [0.5, 0.6) is 5.75 Å². The van der Waals surface area contributed by atoms with Crippen molar-refractivity contribution in [2.75, 3.05) is 44.7 Å². The number of fused-ring (bicyclic) bond motifs is 2. The molecule has 168 valence electrons. The number of rotatable bonds is 4. The fraction of sp³-hybridized carbons (Fsp3) is 0.654. The Hall–Kier alpha value is -2.01. The molecule has 2 heterocycles. The number of piperazine rings is 1. The number of hydrogen-bond donors (Lipinski definition) is 1. The number of nitrogens with one attached hydrogen (secondary N) is 1. The number of esters is 1. The number of quaternary nitrogens is 1. The lowest BCUT2D eigenvalue weighted by Gasteiger charge is -2.50. The Bertz CT molecular complexity index is 847. The largest absolute Gasteiger partial charge is 0.497 e. The molecular formula is C26H37N2O3+. The summed E-state index contributed by atoms with van der Waals surface area (Å²) in [6, 6.07) is 8.31. The highest BCUT2D eigenvalue weighted by molar-refractivity contribution is 5.75. The van der Waals surface area contributed by atoms with E-state index in [1.54, 1.807) is 7.11 Å². The van der Waals surface area contributed by atoms with Crippen LogP contribution in [0.1, 0.15) is 39.0 Å². The molecule has 2 aliphatic heterocycles. The van der Waals surface area contributed by atoms with E-state index in [1.807, 2.05) is 6.07 Å². The van der Waals surface area contributed by atoms with Crippen LogP contribution in [-0.4, -0.2) is 51.9 Å². The van der Waals surface area contributed by atoms with Gasteiger partial charge in [-0.2, -0.15) is 0 Å². The minimum Gasteiger partial charge on any atom is -0.497 e. The Kier molecular flexibility index (Phi) is 5.49. The van der Waals surface area contributed by atoms with E-state index >= 15 is 0 Å². The highest BCUT2D eigenvalue weighted by Crippen LogP contribution is 2.56. The number of benzene rings is 1. The van der Waals surface area contributed by atoms with E-state index in [-0.39, 0.29) is 23.4 Å². The van der Waals surface area contributed by atoms with E-state index in [1.165, 1.54) is 29.0 Å². The van der Waals surface area contributed by atoms with Crippen LogP contribution < -0.4 is 14.5 Å². The summed E-state index contributed by atoms with van der Waals surface area (Å²) in [4.78, 5) is 16.8. The molecule has 5 nitrogen and oxygen atoms in total. The van der Waals surface area contributed by atoms with Gasteiger partial charge in [-0.25, -0.2) is 0 Å². The standard InChI is InChI=1S/C26H36N2O3/c1-18-6-5-9-26(2)16-24-21(15-23(18)26)22(25(29)31-24)17-27-10-12-28(13-11-27)19-7-4-8-20(14-19)30-3/h4,7-8,14,21-24H,1,5-6,9-13,15-17H2,2-3H3/p+1/t21-,22-,23-,24+,26-/m0/s1. The molecule has 4 fully saturated rings. The van der Waals surface area contributed by atoms with Crippen LogP contribution in [0, 0.1) is 23.2 Å². The summed E-state index contributed by atoms with van der Waals surface area (Å²) in [5.74, 6) is 1.97. The number of carbonyl (C=O) groups excluding carboxylic acids is 1. The molecule has 1 aromatic rings. The van der Waals surface area contributed by atoms with Gasteiger partial charge in [0.2, 0.25) is 0 Å². The maximum Gasteiger partial charge on any atom is 0.315 e. The minimum atomic E-state index is 0.0580. The molecule has 0 amide bonds. The second-order valence-electron chi connectivity index (χ2n) is 10.5. The van der Waals surface area contributed by atoms with Gasteiger partial charge in [-0.1, -0.05) is 25.1 Å². The van der Waals surface area contributed by atoms with Crippen molar-refractivity contribution in [2.45, 2.75) is 45.1 Å². The summed E-state index contributed by atoms with van der Waals surface area (Å²) in [6.07, 6.45) is 5.90. The van der Waals surface area contributed by atoms with Gasteiger partial charge in [-0.15, -0.1) is 0 Å². The summed E-state index contributed by atoms with van der Waals surface area (Å²) < 4.78 is 11.4. The first kappa shape index (κ1) is 20.9. The number of hydrogen-bond acceptors (Lipinski definition) is 4. The zero-order chi connectivity index (χ0) is 21.6. The van der Waals surface area contributed by atoms with Gasteiger partial charge in [0, 0.05) is 17.7 Å². The Labute approximate surface area is 186 Å². The van der Waals surface area contributed by atoms with E-state index in [0.29, 0.717) is 11.8 Å². The Morgan fingerprint density at radius 1 is 1.32 bits per heavy atom. The lowest BCUT2D eigenvalue weighted by Crippen LogP contribution is -3.15. The molecule has 0 aromatic heterocycles.